The SMILES string of the molecule is COc1c(O)cc(Br)c(C)c1CC(C)(C)N. The second-order valence-electron chi connectivity index (χ2n) is 4.68. The lowest BCUT2D eigenvalue weighted by molar-refractivity contribution is 0.364. The number of aromatic hydroxyl groups is 1. The van der Waals surface area contributed by atoms with Crippen molar-refractivity contribution >= 4 is 15.9 Å². The molecule has 1 aromatic rings. The van der Waals surface area contributed by atoms with Crippen molar-refractivity contribution in [1.29, 1.82) is 0 Å². The molecule has 0 aliphatic carbocycles. The maximum Gasteiger partial charge on any atom is 0.164 e. The first-order valence-corrected chi connectivity index (χ1v) is 5.89. The average Bonchev–Trinajstić information content (AvgIpc) is 2.12. The molecule has 90 valence electrons. The van der Waals surface area contributed by atoms with Gasteiger partial charge in [-0.15, -0.1) is 0 Å². The number of benzene rings is 1. The smallest absolute Gasteiger partial charge is 0.164 e. The van der Waals surface area contributed by atoms with E-state index in [0.29, 0.717) is 12.2 Å². The molecule has 0 spiro atoms. The molecule has 0 radical (unpaired) electrons. The molecule has 4 heteroatoms. The third-order valence-corrected chi connectivity index (χ3v) is 3.24. The maximum atomic E-state index is 9.80. The second-order valence-corrected chi connectivity index (χ2v) is 5.53. The lowest BCUT2D eigenvalue weighted by Crippen LogP contribution is -2.34. The number of phenolic OH excluding ortho intramolecular Hbond substituents is 1. The summed E-state index contributed by atoms with van der Waals surface area (Å²) in [5.74, 6) is 0.651. The molecular formula is C12H18BrNO2. The molecule has 0 unspecified atom stereocenters. The van der Waals surface area contributed by atoms with Gasteiger partial charge in [0.2, 0.25) is 0 Å². The monoisotopic (exact) mass is 287 g/mol. The van der Waals surface area contributed by atoms with Gasteiger partial charge < -0.3 is 15.6 Å². The lowest BCUT2D eigenvalue weighted by Gasteiger charge is -2.22. The number of phenols is 1. The summed E-state index contributed by atoms with van der Waals surface area (Å²) in [5, 5.41) is 9.80. The molecule has 0 aromatic heterocycles. The Balaban J connectivity index is 3.33. The summed E-state index contributed by atoms with van der Waals surface area (Å²) in [6.07, 6.45) is 0.648. The van der Waals surface area contributed by atoms with Gasteiger partial charge in [0.25, 0.3) is 0 Å². The van der Waals surface area contributed by atoms with Crippen LogP contribution >= 0.6 is 15.9 Å². The van der Waals surface area contributed by atoms with Gasteiger partial charge in [0.05, 0.1) is 7.11 Å². The molecule has 0 fully saturated rings. The van der Waals surface area contributed by atoms with Crippen LogP contribution in [-0.2, 0) is 6.42 Å². The molecule has 1 rings (SSSR count). The zero-order chi connectivity index (χ0) is 12.5. The Kier molecular flexibility index (Phi) is 3.86. The summed E-state index contributed by atoms with van der Waals surface area (Å²) in [5.41, 5.74) is 7.66. The van der Waals surface area contributed by atoms with Crippen molar-refractivity contribution in [2.45, 2.75) is 32.7 Å². The van der Waals surface area contributed by atoms with Crippen molar-refractivity contribution in [3.63, 3.8) is 0 Å². The van der Waals surface area contributed by atoms with E-state index in [9.17, 15) is 5.11 Å². The number of halogens is 1. The van der Waals surface area contributed by atoms with Crippen LogP contribution in [0.4, 0.5) is 0 Å². The summed E-state index contributed by atoms with van der Waals surface area (Å²) in [4.78, 5) is 0. The number of hydrogen-bond donors (Lipinski definition) is 2. The number of ether oxygens (including phenoxy) is 1. The lowest BCUT2D eigenvalue weighted by atomic mass is 9.92. The third kappa shape index (κ3) is 2.89. The van der Waals surface area contributed by atoms with Gasteiger partial charge in [-0.05, 0) is 38.8 Å². The Morgan fingerprint density at radius 1 is 1.50 bits per heavy atom. The first-order chi connectivity index (χ1) is 7.26. The van der Waals surface area contributed by atoms with E-state index < -0.39 is 0 Å². The van der Waals surface area contributed by atoms with Crippen LogP contribution in [0.3, 0.4) is 0 Å². The van der Waals surface area contributed by atoms with Gasteiger partial charge in [-0.2, -0.15) is 0 Å². The van der Waals surface area contributed by atoms with Gasteiger partial charge in [-0.25, -0.2) is 0 Å². The highest BCUT2D eigenvalue weighted by molar-refractivity contribution is 9.10. The van der Waals surface area contributed by atoms with Crippen molar-refractivity contribution in [3.8, 4) is 11.5 Å². The van der Waals surface area contributed by atoms with Crippen LogP contribution in [0.25, 0.3) is 0 Å². The minimum absolute atomic E-state index is 0.138. The summed E-state index contributed by atoms with van der Waals surface area (Å²) >= 11 is 3.41. The van der Waals surface area contributed by atoms with Gasteiger partial charge in [0, 0.05) is 15.6 Å². The fourth-order valence-electron chi connectivity index (χ4n) is 1.66. The fourth-order valence-corrected chi connectivity index (χ4v) is 2.12. The van der Waals surface area contributed by atoms with Crippen LogP contribution in [0.2, 0.25) is 0 Å². The first-order valence-electron chi connectivity index (χ1n) is 5.10. The molecule has 0 atom stereocenters. The standard InChI is InChI=1S/C12H18BrNO2/c1-7-8(6-12(2,3)14)11(16-4)10(15)5-9(7)13/h5,15H,6,14H2,1-4H3. The predicted molar refractivity (Wildman–Crippen MR) is 69.1 cm³/mol. The van der Waals surface area contributed by atoms with Gasteiger partial charge in [-0.3, -0.25) is 0 Å². The van der Waals surface area contributed by atoms with Crippen LogP contribution in [0.5, 0.6) is 11.5 Å². The zero-order valence-corrected chi connectivity index (χ0v) is 11.7. The van der Waals surface area contributed by atoms with E-state index in [0.717, 1.165) is 15.6 Å². The Labute approximate surface area is 105 Å². The topological polar surface area (TPSA) is 55.5 Å². The Bertz CT molecular complexity index is 397. The van der Waals surface area contributed by atoms with E-state index in [1.165, 1.54) is 0 Å². The molecule has 0 saturated carbocycles. The van der Waals surface area contributed by atoms with Crippen LogP contribution in [-0.4, -0.2) is 17.8 Å². The van der Waals surface area contributed by atoms with Gasteiger partial charge in [-0.1, -0.05) is 15.9 Å². The average molecular weight is 288 g/mol. The number of rotatable bonds is 3. The third-order valence-electron chi connectivity index (χ3n) is 2.42. The molecular weight excluding hydrogens is 270 g/mol. The van der Waals surface area contributed by atoms with E-state index in [1.54, 1.807) is 13.2 Å². The quantitative estimate of drug-likeness (QED) is 0.899. The molecule has 16 heavy (non-hydrogen) atoms. The van der Waals surface area contributed by atoms with Crippen LogP contribution in [0.15, 0.2) is 10.5 Å². The number of nitrogens with two attached hydrogens (primary N) is 1. The van der Waals surface area contributed by atoms with Gasteiger partial charge in [0.1, 0.15) is 0 Å². The maximum absolute atomic E-state index is 9.80. The van der Waals surface area contributed by atoms with Crippen molar-refractivity contribution < 1.29 is 9.84 Å². The molecule has 0 bridgehead atoms. The van der Waals surface area contributed by atoms with Crippen molar-refractivity contribution in [3.05, 3.63) is 21.7 Å². The molecule has 1 aromatic carbocycles. The summed E-state index contributed by atoms with van der Waals surface area (Å²) in [6, 6.07) is 1.64. The van der Waals surface area contributed by atoms with E-state index in [1.807, 2.05) is 20.8 Å². The normalized spacial score (nSPS) is 11.6. The van der Waals surface area contributed by atoms with Crippen LogP contribution in [0, 0.1) is 6.92 Å². The van der Waals surface area contributed by atoms with E-state index >= 15 is 0 Å². The number of hydrogen-bond acceptors (Lipinski definition) is 3. The molecule has 0 saturated heterocycles. The van der Waals surface area contributed by atoms with Gasteiger partial charge in [0.15, 0.2) is 11.5 Å². The minimum atomic E-state index is -0.342. The molecule has 3 nitrogen and oxygen atoms in total. The highest BCUT2D eigenvalue weighted by Gasteiger charge is 2.20. The molecule has 3 N–H and O–H groups in total. The molecule has 0 aliphatic rings. The van der Waals surface area contributed by atoms with Crippen molar-refractivity contribution in [2.24, 2.45) is 5.73 Å². The summed E-state index contributed by atoms with van der Waals surface area (Å²) in [6.45, 7) is 5.88. The zero-order valence-electron chi connectivity index (χ0n) is 10.1. The van der Waals surface area contributed by atoms with Crippen molar-refractivity contribution in [2.75, 3.05) is 7.11 Å². The fraction of sp³-hybridized carbons (Fsp3) is 0.500. The minimum Gasteiger partial charge on any atom is -0.504 e. The Morgan fingerprint density at radius 3 is 2.50 bits per heavy atom. The number of methoxy groups -OCH3 is 1. The van der Waals surface area contributed by atoms with Gasteiger partial charge >= 0.3 is 0 Å². The van der Waals surface area contributed by atoms with E-state index in [4.69, 9.17) is 10.5 Å². The van der Waals surface area contributed by atoms with Crippen molar-refractivity contribution in [1.82, 2.24) is 0 Å². The molecule has 0 aliphatic heterocycles. The van der Waals surface area contributed by atoms with Crippen LogP contribution < -0.4 is 10.5 Å². The second kappa shape index (κ2) is 4.63. The Morgan fingerprint density at radius 2 is 2.06 bits per heavy atom. The molecule has 0 amide bonds. The van der Waals surface area contributed by atoms with E-state index in [-0.39, 0.29) is 11.3 Å². The summed E-state index contributed by atoms with van der Waals surface area (Å²) < 4.78 is 6.10. The largest absolute Gasteiger partial charge is 0.504 e. The first kappa shape index (κ1) is 13.3. The van der Waals surface area contributed by atoms with E-state index in [2.05, 4.69) is 15.9 Å². The van der Waals surface area contributed by atoms with Crippen LogP contribution in [0.1, 0.15) is 25.0 Å². The molecule has 0 heterocycles. The highest BCUT2D eigenvalue weighted by Crippen LogP contribution is 2.38. The Hall–Kier alpha value is -0.740. The summed E-state index contributed by atoms with van der Waals surface area (Å²) in [7, 11) is 1.55. The predicted octanol–water partition coefficient (Wildman–Crippen LogP) is 2.75. The highest BCUT2D eigenvalue weighted by atomic mass is 79.9.